The molecule has 0 bridgehead atoms. The molecule has 2 aromatic heterocycles. The third kappa shape index (κ3) is 11.1. The zero-order valence-electron chi connectivity index (χ0n) is 23.5. The average molecular weight is 572 g/mol. The fourth-order valence-electron chi connectivity index (χ4n) is 3.80. The van der Waals surface area contributed by atoms with Gasteiger partial charge in [0.05, 0.1) is 32.8 Å². The van der Waals surface area contributed by atoms with Crippen molar-refractivity contribution in [3.05, 3.63) is 95.8 Å². The van der Waals surface area contributed by atoms with Gasteiger partial charge in [0.2, 0.25) is 23.8 Å². The van der Waals surface area contributed by atoms with E-state index in [2.05, 4.69) is 41.2 Å². The van der Waals surface area contributed by atoms with Crippen LogP contribution in [0.2, 0.25) is 0 Å². The molecule has 0 fully saturated rings. The number of nitrogens with one attached hydrogen (secondary N) is 4. The molecule has 0 unspecified atom stereocenters. The summed E-state index contributed by atoms with van der Waals surface area (Å²) in [7, 11) is 0. The molecular weight excluding hydrogens is 534 g/mol. The van der Waals surface area contributed by atoms with E-state index in [0.717, 1.165) is 22.4 Å². The number of hydrogen-bond acceptors (Lipinski definition) is 11. The van der Waals surface area contributed by atoms with Gasteiger partial charge < -0.3 is 36.5 Å². The van der Waals surface area contributed by atoms with Crippen molar-refractivity contribution in [3.8, 4) is 0 Å². The zero-order valence-corrected chi connectivity index (χ0v) is 23.5. The van der Waals surface area contributed by atoms with Crippen LogP contribution < -0.4 is 27.0 Å². The first-order valence-electron chi connectivity index (χ1n) is 13.8. The molecule has 0 saturated heterocycles. The van der Waals surface area contributed by atoms with Crippen molar-refractivity contribution in [2.45, 2.75) is 19.5 Å². The Morgan fingerprint density at radius 2 is 1.31 bits per heavy atom. The van der Waals surface area contributed by atoms with Crippen LogP contribution in [-0.2, 0) is 33.8 Å². The molecule has 0 spiro atoms. The van der Waals surface area contributed by atoms with E-state index in [1.807, 2.05) is 66.7 Å². The van der Waals surface area contributed by atoms with Crippen LogP contribution in [0, 0.1) is 0 Å². The molecule has 2 heterocycles. The maximum Gasteiger partial charge on any atom is 0.233 e. The topological polar surface area (TPSA) is 161 Å². The summed E-state index contributed by atoms with van der Waals surface area (Å²) in [6, 6.07) is 21.5. The highest BCUT2D eigenvalue weighted by molar-refractivity contribution is 5.78. The minimum absolute atomic E-state index is 0.0739. The summed E-state index contributed by atoms with van der Waals surface area (Å²) < 4.78 is 10.7. The van der Waals surface area contributed by atoms with Crippen molar-refractivity contribution >= 4 is 29.4 Å². The molecule has 4 rings (SSSR count). The van der Waals surface area contributed by atoms with Gasteiger partial charge in [0.25, 0.3) is 0 Å². The number of anilines is 4. The number of rotatable bonds is 18. The largest absolute Gasteiger partial charge is 0.378 e. The number of pyridine rings is 1. The molecule has 12 nitrogen and oxygen atoms in total. The molecule has 12 heteroatoms. The van der Waals surface area contributed by atoms with Crippen LogP contribution in [0.4, 0.5) is 23.5 Å². The maximum absolute atomic E-state index is 12.3. The monoisotopic (exact) mass is 571 g/mol. The SMILES string of the molecule is NCCOCCOCCNC(=O)Cc1ccc(Nc2nc(NCc3ccccc3)nc(NCc3ccncc3)n2)cc1. The average Bonchev–Trinajstić information content (AvgIpc) is 3.02. The van der Waals surface area contributed by atoms with E-state index < -0.39 is 0 Å². The summed E-state index contributed by atoms with van der Waals surface area (Å²) in [6.07, 6.45) is 3.76. The highest BCUT2D eigenvalue weighted by Crippen LogP contribution is 2.18. The molecule has 0 saturated carbocycles. The number of hydrogen-bond donors (Lipinski definition) is 5. The lowest BCUT2D eigenvalue weighted by molar-refractivity contribution is -0.120. The number of benzene rings is 2. The number of aromatic nitrogens is 4. The van der Waals surface area contributed by atoms with Gasteiger partial charge in [0.15, 0.2) is 0 Å². The van der Waals surface area contributed by atoms with Gasteiger partial charge in [-0.15, -0.1) is 0 Å². The molecule has 2 aromatic carbocycles. The predicted molar refractivity (Wildman–Crippen MR) is 162 cm³/mol. The summed E-state index contributed by atoms with van der Waals surface area (Å²) in [5, 5.41) is 12.6. The maximum atomic E-state index is 12.3. The number of ether oxygens (including phenoxy) is 2. The van der Waals surface area contributed by atoms with E-state index >= 15 is 0 Å². The Kier molecular flexibility index (Phi) is 12.4. The van der Waals surface area contributed by atoms with Crippen molar-refractivity contribution in [1.82, 2.24) is 25.3 Å². The third-order valence-corrected chi connectivity index (χ3v) is 5.91. The summed E-state index contributed by atoms with van der Waals surface area (Å²) in [5.41, 5.74) is 9.20. The van der Waals surface area contributed by atoms with Crippen LogP contribution in [0.1, 0.15) is 16.7 Å². The fourth-order valence-corrected chi connectivity index (χ4v) is 3.80. The second kappa shape index (κ2) is 17.2. The molecule has 42 heavy (non-hydrogen) atoms. The second-order valence-electron chi connectivity index (χ2n) is 9.22. The Bertz CT molecular complexity index is 1280. The Labute approximate surface area is 245 Å². The summed E-state index contributed by atoms with van der Waals surface area (Å²) in [5.74, 6) is 1.18. The Morgan fingerprint density at radius 1 is 0.690 bits per heavy atom. The summed E-state index contributed by atoms with van der Waals surface area (Å²) in [4.78, 5) is 30.0. The molecule has 6 N–H and O–H groups in total. The van der Waals surface area contributed by atoms with Crippen molar-refractivity contribution < 1.29 is 14.3 Å². The number of nitrogens with two attached hydrogens (primary N) is 1. The highest BCUT2D eigenvalue weighted by atomic mass is 16.5. The van der Waals surface area contributed by atoms with Crippen LogP contribution in [0.3, 0.4) is 0 Å². The van der Waals surface area contributed by atoms with Crippen LogP contribution in [-0.4, -0.2) is 65.4 Å². The van der Waals surface area contributed by atoms with E-state index in [4.69, 9.17) is 15.2 Å². The molecule has 0 atom stereocenters. The predicted octanol–water partition coefficient (Wildman–Crippen LogP) is 2.89. The van der Waals surface area contributed by atoms with Gasteiger partial charge in [-0.25, -0.2) is 0 Å². The number of amides is 1. The van der Waals surface area contributed by atoms with Crippen LogP contribution in [0.15, 0.2) is 79.1 Å². The van der Waals surface area contributed by atoms with Crippen LogP contribution >= 0.6 is 0 Å². The molecule has 4 aromatic rings. The standard InChI is InChI=1S/C30H37N9O3/c31-12-16-41-18-19-42-17-15-33-27(40)20-23-6-8-26(9-7-23)36-30-38-28(34-21-24-4-2-1-3-5-24)37-29(39-30)35-22-25-10-13-32-14-11-25/h1-11,13-14H,12,15-22,31H2,(H,33,40)(H3,34,35,36,37,38,39). The zero-order chi connectivity index (χ0) is 29.2. The van der Waals surface area contributed by atoms with Crippen molar-refractivity contribution in [3.63, 3.8) is 0 Å². The van der Waals surface area contributed by atoms with Gasteiger partial charge in [-0.3, -0.25) is 9.78 Å². The first-order valence-corrected chi connectivity index (χ1v) is 13.8. The van der Waals surface area contributed by atoms with E-state index in [0.29, 0.717) is 70.5 Å². The number of carbonyl (C=O) groups excluding carboxylic acids is 1. The lowest BCUT2D eigenvalue weighted by Crippen LogP contribution is -2.29. The smallest absolute Gasteiger partial charge is 0.233 e. The van der Waals surface area contributed by atoms with Crippen LogP contribution in [0.5, 0.6) is 0 Å². The fraction of sp³-hybridized carbons (Fsp3) is 0.300. The highest BCUT2D eigenvalue weighted by Gasteiger charge is 2.09. The van der Waals surface area contributed by atoms with Crippen molar-refractivity contribution in [1.29, 1.82) is 0 Å². The minimum Gasteiger partial charge on any atom is -0.378 e. The first kappa shape index (κ1) is 30.3. The lowest BCUT2D eigenvalue weighted by Gasteiger charge is -2.12. The number of nitrogens with zero attached hydrogens (tertiary/aromatic N) is 4. The first-order chi connectivity index (χ1) is 20.7. The molecule has 220 valence electrons. The van der Waals surface area contributed by atoms with E-state index in [1.54, 1.807) is 12.4 Å². The van der Waals surface area contributed by atoms with E-state index in [1.165, 1.54) is 0 Å². The molecule has 0 aliphatic rings. The Balaban J connectivity index is 1.31. The van der Waals surface area contributed by atoms with Gasteiger partial charge >= 0.3 is 0 Å². The molecular formula is C30H37N9O3. The lowest BCUT2D eigenvalue weighted by atomic mass is 10.1. The van der Waals surface area contributed by atoms with Crippen molar-refractivity contribution in [2.75, 3.05) is 55.5 Å². The third-order valence-electron chi connectivity index (χ3n) is 5.91. The van der Waals surface area contributed by atoms with Crippen LogP contribution in [0.25, 0.3) is 0 Å². The van der Waals surface area contributed by atoms with E-state index in [9.17, 15) is 4.79 Å². The Hall–Kier alpha value is -4.65. The van der Waals surface area contributed by atoms with Crippen molar-refractivity contribution in [2.24, 2.45) is 5.73 Å². The molecule has 0 aliphatic heterocycles. The summed E-state index contributed by atoms with van der Waals surface area (Å²) in [6.45, 7) is 3.94. The second-order valence-corrected chi connectivity index (χ2v) is 9.22. The minimum atomic E-state index is -0.0739. The summed E-state index contributed by atoms with van der Waals surface area (Å²) >= 11 is 0. The van der Waals surface area contributed by atoms with Gasteiger partial charge in [-0.2, -0.15) is 15.0 Å². The normalized spacial score (nSPS) is 10.7. The molecule has 0 aliphatic carbocycles. The number of carbonyl (C=O) groups is 1. The van der Waals surface area contributed by atoms with Gasteiger partial charge in [0, 0.05) is 44.3 Å². The van der Waals surface area contributed by atoms with Gasteiger partial charge in [-0.05, 0) is 41.0 Å². The molecule has 1 amide bonds. The Morgan fingerprint density at radius 3 is 1.98 bits per heavy atom. The quantitative estimate of drug-likeness (QED) is 0.112. The molecule has 0 radical (unpaired) electrons. The van der Waals surface area contributed by atoms with Gasteiger partial charge in [0.1, 0.15) is 0 Å². The van der Waals surface area contributed by atoms with E-state index in [-0.39, 0.29) is 12.3 Å². The van der Waals surface area contributed by atoms with Gasteiger partial charge in [-0.1, -0.05) is 42.5 Å².